The first-order chi connectivity index (χ1) is 12.2. The SMILES string of the molecule is Cn1ccc2c(C(=O)N3CCCC[C@@H]3C(=O)N3CCCC3)cccc21. The van der Waals surface area contributed by atoms with Crippen LogP contribution in [0.5, 0.6) is 0 Å². The molecule has 1 aromatic heterocycles. The van der Waals surface area contributed by atoms with Gasteiger partial charge in [-0.1, -0.05) is 6.07 Å². The van der Waals surface area contributed by atoms with Crippen LogP contribution < -0.4 is 0 Å². The predicted molar refractivity (Wildman–Crippen MR) is 97.4 cm³/mol. The molecule has 25 heavy (non-hydrogen) atoms. The van der Waals surface area contributed by atoms with Crippen LogP contribution in [0.15, 0.2) is 30.5 Å². The van der Waals surface area contributed by atoms with Gasteiger partial charge in [-0.3, -0.25) is 9.59 Å². The highest BCUT2D eigenvalue weighted by Crippen LogP contribution is 2.26. The Hall–Kier alpha value is -2.30. The maximum Gasteiger partial charge on any atom is 0.255 e. The number of piperidine rings is 1. The molecule has 0 unspecified atom stereocenters. The van der Waals surface area contributed by atoms with E-state index in [-0.39, 0.29) is 17.9 Å². The first kappa shape index (κ1) is 16.2. The number of carbonyl (C=O) groups excluding carboxylic acids is 2. The zero-order valence-electron chi connectivity index (χ0n) is 14.8. The normalized spacial score (nSPS) is 21.1. The Morgan fingerprint density at radius 3 is 2.56 bits per heavy atom. The number of benzene rings is 1. The molecule has 2 aromatic rings. The Kier molecular flexibility index (Phi) is 4.24. The van der Waals surface area contributed by atoms with Gasteiger partial charge in [0.15, 0.2) is 0 Å². The van der Waals surface area contributed by atoms with Crippen molar-refractivity contribution < 1.29 is 9.59 Å². The Morgan fingerprint density at radius 2 is 1.76 bits per heavy atom. The molecule has 2 aliphatic rings. The molecule has 2 aliphatic heterocycles. The van der Waals surface area contributed by atoms with Crippen molar-refractivity contribution >= 4 is 22.7 Å². The van der Waals surface area contributed by atoms with E-state index in [1.807, 2.05) is 51.9 Å². The molecule has 3 heterocycles. The molecule has 5 heteroatoms. The standard InChI is InChI=1S/C20H25N3O2/c1-21-14-10-15-16(7-6-9-17(15)21)19(24)23-13-3-2-8-18(23)20(25)22-11-4-5-12-22/h6-7,9-10,14,18H,2-5,8,11-13H2,1H3/t18-/m1/s1. The quantitative estimate of drug-likeness (QED) is 0.844. The van der Waals surface area contributed by atoms with Crippen LogP contribution in [0.1, 0.15) is 42.5 Å². The summed E-state index contributed by atoms with van der Waals surface area (Å²) in [5, 5.41) is 0.966. The fourth-order valence-corrected chi connectivity index (χ4v) is 4.22. The van der Waals surface area contributed by atoms with Crippen LogP contribution in [-0.2, 0) is 11.8 Å². The number of fused-ring (bicyclic) bond motifs is 1. The molecule has 2 saturated heterocycles. The first-order valence-corrected chi connectivity index (χ1v) is 9.30. The molecule has 0 saturated carbocycles. The third kappa shape index (κ3) is 2.81. The summed E-state index contributed by atoms with van der Waals surface area (Å²) in [4.78, 5) is 30.0. The Balaban J connectivity index is 1.65. The van der Waals surface area contributed by atoms with E-state index in [0.29, 0.717) is 12.1 Å². The van der Waals surface area contributed by atoms with Crippen molar-refractivity contribution in [3.05, 3.63) is 36.0 Å². The number of hydrogen-bond acceptors (Lipinski definition) is 2. The van der Waals surface area contributed by atoms with Gasteiger partial charge in [-0.15, -0.1) is 0 Å². The molecule has 0 N–H and O–H groups in total. The van der Waals surface area contributed by atoms with Crippen molar-refractivity contribution in [2.75, 3.05) is 19.6 Å². The van der Waals surface area contributed by atoms with E-state index in [4.69, 9.17) is 0 Å². The van der Waals surface area contributed by atoms with Crippen molar-refractivity contribution in [2.45, 2.75) is 38.1 Å². The highest BCUT2D eigenvalue weighted by molar-refractivity contribution is 6.07. The Bertz CT molecular complexity index is 804. The van der Waals surface area contributed by atoms with Crippen LogP contribution in [-0.4, -0.2) is 51.9 Å². The van der Waals surface area contributed by atoms with Crippen LogP contribution in [0.2, 0.25) is 0 Å². The van der Waals surface area contributed by atoms with Crippen LogP contribution in [0.4, 0.5) is 0 Å². The zero-order valence-corrected chi connectivity index (χ0v) is 14.8. The summed E-state index contributed by atoms with van der Waals surface area (Å²) in [6, 6.07) is 7.53. The maximum atomic E-state index is 13.3. The molecule has 5 nitrogen and oxygen atoms in total. The van der Waals surface area contributed by atoms with Crippen LogP contribution in [0.25, 0.3) is 10.9 Å². The summed E-state index contributed by atoms with van der Waals surface area (Å²) in [6.07, 6.45) is 6.91. The molecule has 2 fully saturated rings. The van der Waals surface area contributed by atoms with E-state index >= 15 is 0 Å². The number of aryl methyl sites for hydroxylation is 1. The van der Waals surface area contributed by atoms with Crippen LogP contribution in [0, 0.1) is 0 Å². The minimum Gasteiger partial charge on any atom is -0.351 e. The first-order valence-electron chi connectivity index (χ1n) is 9.30. The lowest BCUT2D eigenvalue weighted by atomic mass is 9.98. The van der Waals surface area contributed by atoms with Gasteiger partial charge >= 0.3 is 0 Å². The van der Waals surface area contributed by atoms with E-state index in [1.165, 1.54) is 0 Å². The minimum absolute atomic E-state index is 0.00551. The summed E-state index contributed by atoms with van der Waals surface area (Å²) in [7, 11) is 1.98. The second-order valence-electron chi connectivity index (χ2n) is 7.21. The topological polar surface area (TPSA) is 45.6 Å². The van der Waals surface area contributed by atoms with Crippen molar-refractivity contribution in [2.24, 2.45) is 7.05 Å². The van der Waals surface area contributed by atoms with Gasteiger partial charge in [0.2, 0.25) is 5.91 Å². The van der Waals surface area contributed by atoms with E-state index < -0.39 is 0 Å². The Morgan fingerprint density at radius 1 is 1.00 bits per heavy atom. The van der Waals surface area contributed by atoms with Crippen molar-refractivity contribution in [1.29, 1.82) is 0 Å². The summed E-state index contributed by atoms with van der Waals surface area (Å²) >= 11 is 0. The molecular formula is C20H25N3O2. The molecule has 4 rings (SSSR count). The van der Waals surface area contributed by atoms with Gasteiger partial charge < -0.3 is 14.4 Å². The molecule has 0 aliphatic carbocycles. The summed E-state index contributed by atoms with van der Waals surface area (Å²) < 4.78 is 2.02. The van der Waals surface area contributed by atoms with Crippen molar-refractivity contribution in [3.63, 3.8) is 0 Å². The summed E-state index contributed by atoms with van der Waals surface area (Å²) in [6.45, 7) is 2.35. The predicted octanol–water partition coefficient (Wildman–Crippen LogP) is 2.80. The van der Waals surface area contributed by atoms with Crippen LogP contribution >= 0.6 is 0 Å². The monoisotopic (exact) mass is 339 g/mol. The highest BCUT2D eigenvalue weighted by atomic mass is 16.2. The Labute approximate surface area is 148 Å². The van der Waals surface area contributed by atoms with Gasteiger partial charge in [0.25, 0.3) is 5.91 Å². The molecule has 1 aromatic carbocycles. The number of likely N-dealkylation sites (tertiary alicyclic amines) is 2. The number of nitrogens with zero attached hydrogens (tertiary/aromatic N) is 3. The molecule has 2 amide bonds. The largest absolute Gasteiger partial charge is 0.351 e. The zero-order chi connectivity index (χ0) is 17.4. The lowest BCUT2D eigenvalue weighted by molar-refractivity contribution is -0.136. The third-order valence-electron chi connectivity index (χ3n) is 5.62. The minimum atomic E-state index is -0.293. The summed E-state index contributed by atoms with van der Waals surface area (Å²) in [5.74, 6) is 0.139. The fourth-order valence-electron chi connectivity index (χ4n) is 4.22. The number of amides is 2. The molecule has 1 atom stereocenters. The number of rotatable bonds is 2. The average Bonchev–Trinajstić information content (AvgIpc) is 3.31. The number of hydrogen-bond donors (Lipinski definition) is 0. The van der Waals surface area contributed by atoms with E-state index in [0.717, 1.165) is 56.1 Å². The molecule has 0 radical (unpaired) electrons. The average molecular weight is 339 g/mol. The lowest BCUT2D eigenvalue weighted by Gasteiger charge is -2.37. The second kappa shape index (κ2) is 6.54. The van der Waals surface area contributed by atoms with Gasteiger partial charge in [-0.25, -0.2) is 0 Å². The van der Waals surface area contributed by atoms with Gasteiger partial charge in [-0.05, 0) is 50.3 Å². The number of carbonyl (C=O) groups is 2. The van der Waals surface area contributed by atoms with Crippen molar-refractivity contribution in [1.82, 2.24) is 14.4 Å². The van der Waals surface area contributed by atoms with Gasteiger partial charge in [0.1, 0.15) is 6.04 Å². The van der Waals surface area contributed by atoms with E-state index in [1.54, 1.807) is 0 Å². The van der Waals surface area contributed by atoms with E-state index in [2.05, 4.69) is 0 Å². The molecular weight excluding hydrogens is 314 g/mol. The molecule has 0 bridgehead atoms. The van der Waals surface area contributed by atoms with Crippen LogP contribution in [0.3, 0.4) is 0 Å². The van der Waals surface area contributed by atoms with Crippen molar-refractivity contribution in [3.8, 4) is 0 Å². The van der Waals surface area contributed by atoms with Gasteiger partial charge in [-0.2, -0.15) is 0 Å². The highest BCUT2D eigenvalue weighted by Gasteiger charge is 2.36. The smallest absolute Gasteiger partial charge is 0.255 e. The number of aromatic nitrogens is 1. The van der Waals surface area contributed by atoms with E-state index in [9.17, 15) is 9.59 Å². The second-order valence-corrected chi connectivity index (χ2v) is 7.21. The lowest BCUT2D eigenvalue weighted by Crippen LogP contribution is -2.52. The summed E-state index contributed by atoms with van der Waals surface area (Å²) in [5.41, 5.74) is 1.75. The van der Waals surface area contributed by atoms with Gasteiger partial charge in [0, 0.05) is 49.3 Å². The third-order valence-corrected chi connectivity index (χ3v) is 5.62. The van der Waals surface area contributed by atoms with Gasteiger partial charge in [0.05, 0.1) is 0 Å². The fraction of sp³-hybridized carbons (Fsp3) is 0.500. The molecule has 0 spiro atoms. The molecule has 132 valence electrons. The maximum absolute atomic E-state index is 13.3.